The summed E-state index contributed by atoms with van der Waals surface area (Å²) in [4.78, 5) is 12.7. The first-order chi connectivity index (χ1) is 13.4. The van der Waals surface area contributed by atoms with Gasteiger partial charge < -0.3 is 5.32 Å². The lowest BCUT2D eigenvalue weighted by atomic mass is 10.0. The van der Waals surface area contributed by atoms with Crippen LogP contribution in [0.3, 0.4) is 0 Å². The van der Waals surface area contributed by atoms with Gasteiger partial charge in [-0.3, -0.25) is 4.79 Å². The Labute approximate surface area is 165 Å². The summed E-state index contributed by atoms with van der Waals surface area (Å²) in [7, 11) is -3.44. The van der Waals surface area contributed by atoms with Crippen LogP contribution >= 0.6 is 0 Å². The highest BCUT2D eigenvalue weighted by molar-refractivity contribution is 7.88. The fraction of sp³-hybridized carbons (Fsp3) is 0.227. The normalized spacial score (nSPS) is 11.7. The number of nitrogens with one attached hydrogen (secondary N) is 2. The van der Waals surface area contributed by atoms with Gasteiger partial charge in [0, 0.05) is 18.2 Å². The van der Waals surface area contributed by atoms with E-state index in [1.807, 2.05) is 48.5 Å². The molecule has 0 bridgehead atoms. The third-order valence-electron chi connectivity index (χ3n) is 4.35. The number of sulfonamides is 1. The topological polar surface area (TPSA) is 75.3 Å². The van der Waals surface area contributed by atoms with Crippen LogP contribution in [0.1, 0.15) is 35.3 Å². The van der Waals surface area contributed by atoms with E-state index in [1.54, 1.807) is 32.0 Å². The summed E-state index contributed by atoms with van der Waals surface area (Å²) in [6.45, 7) is 3.83. The summed E-state index contributed by atoms with van der Waals surface area (Å²) >= 11 is 0. The molecule has 5 nitrogen and oxygen atoms in total. The Hall–Kier alpha value is -2.70. The van der Waals surface area contributed by atoms with Crippen LogP contribution < -0.4 is 10.0 Å². The molecule has 0 spiro atoms. The molecule has 0 aliphatic rings. The van der Waals surface area contributed by atoms with Crippen molar-refractivity contribution >= 4 is 26.7 Å². The van der Waals surface area contributed by atoms with E-state index in [2.05, 4.69) is 10.0 Å². The molecule has 1 amide bonds. The molecular weight excluding hydrogens is 372 g/mol. The molecule has 0 aromatic heterocycles. The zero-order chi connectivity index (χ0) is 20.1. The average molecular weight is 397 g/mol. The lowest BCUT2D eigenvalue weighted by Gasteiger charge is -2.14. The minimum Gasteiger partial charge on any atom is -0.348 e. The Morgan fingerprint density at radius 3 is 2.29 bits per heavy atom. The Bertz CT molecular complexity index is 1090. The monoisotopic (exact) mass is 396 g/mol. The van der Waals surface area contributed by atoms with Crippen molar-refractivity contribution in [3.8, 4) is 0 Å². The van der Waals surface area contributed by atoms with Crippen LogP contribution in [0.5, 0.6) is 0 Å². The maximum Gasteiger partial charge on any atom is 0.252 e. The predicted molar refractivity (Wildman–Crippen MR) is 112 cm³/mol. The number of carbonyl (C=O) groups excluding carboxylic acids is 1. The third kappa shape index (κ3) is 4.97. The van der Waals surface area contributed by atoms with E-state index in [0.717, 1.165) is 16.3 Å². The van der Waals surface area contributed by atoms with Crippen molar-refractivity contribution in [1.29, 1.82) is 0 Å². The van der Waals surface area contributed by atoms with Crippen LogP contribution in [-0.2, 0) is 22.3 Å². The van der Waals surface area contributed by atoms with Gasteiger partial charge in [0.05, 0.1) is 5.75 Å². The van der Waals surface area contributed by atoms with Gasteiger partial charge in [-0.15, -0.1) is 0 Å². The van der Waals surface area contributed by atoms with Crippen LogP contribution in [0.25, 0.3) is 10.8 Å². The zero-order valence-corrected chi connectivity index (χ0v) is 16.8. The Morgan fingerprint density at radius 1 is 0.893 bits per heavy atom. The third-order valence-corrected chi connectivity index (χ3v) is 5.87. The second-order valence-electron chi connectivity index (χ2n) is 7.01. The van der Waals surface area contributed by atoms with Gasteiger partial charge in [-0.1, -0.05) is 60.7 Å². The molecule has 146 valence electrons. The number of fused-ring (bicyclic) bond motifs is 1. The molecule has 0 saturated heterocycles. The summed E-state index contributed by atoms with van der Waals surface area (Å²) in [5.41, 5.74) is 2.06. The van der Waals surface area contributed by atoms with E-state index in [9.17, 15) is 13.2 Å². The molecule has 0 saturated carbocycles. The molecule has 0 aliphatic heterocycles. The Morgan fingerprint density at radius 2 is 1.54 bits per heavy atom. The van der Waals surface area contributed by atoms with Crippen LogP contribution in [0, 0.1) is 0 Å². The summed E-state index contributed by atoms with van der Waals surface area (Å²) in [5, 5.41) is 4.81. The predicted octanol–water partition coefficient (Wildman–Crippen LogP) is 3.60. The van der Waals surface area contributed by atoms with E-state index in [0.29, 0.717) is 11.1 Å². The van der Waals surface area contributed by atoms with E-state index in [4.69, 9.17) is 0 Å². The van der Waals surface area contributed by atoms with Gasteiger partial charge in [0.1, 0.15) is 0 Å². The van der Waals surface area contributed by atoms with Crippen LogP contribution in [0.15, 0.2) is 66.7 Å². The first-order valence-electron chi connectivity index (χ1n) is 9.18. The van der Waals surface area contributed by atoms with Gasteiger partial charge in [0.2, 0.25) is 10.0 Å². The number of amides is 1. The summed E-state index contributed by atoms with van der Waals surface area (Å²) < 4.78 is 27.1. The molecule has 0 fully saturated rings. The molecule has 3 aromatic rings. The Balaban J connectivity index is 1.77. The fourth-order valence-corrected chi connectivity index (χ4v) is 4.66. The fourth-order valence-electron chi connectivity index (χ4n) is 3.17. The molecule has 0 aliphatic carbocycles. The Kier molecular flexibility index (Phi) is 6.11. The molecule has 2 N–H and O–H groups in total. The van der Waals surface area contributed by atoms with E-state index in [-0.39, 0.29) is 24.2 Å². The number of hydrogen-bond donors (Lipinski definition) is 2. The maximum absolute atomic E-state index is 12.7. The van der Waals surface area contributed by atoms with Crippen molar-refractivity contribution in [3.63, 3.8) is 0 Å². The van der Waals surface area contributed by atoms with Crippen molar-refractivity contribution in [2.45, 2.75) is 32.2 Å². The quantitative estimate of drug-likeness (QED) is 0.641. The molecule has 0 atom stereocenters. The van der Waals surface area contributed by atoms with Crippen LogP contribution in [0.4, 0.5) is 0 Å². The second-order valence-corrected chi connectivity index (χ2v) is 8.76. The first kappa shape index (κ1) is 20.0. The van der Waals surface area contributed by atoms with Crippen LogP contribution in [-0.4, -0.2) is 20.4 Å². The van der Waals surface area contributed by atoms with Crippen molar-refractivity contribution in [3.05, 3.63) is 83.4 Å². The number of rotatable bonds is 7. The standard InChI is InChI=1S/C22H24N2O3S/c1-16(2)24-28(26,27)15-19-10-4-3-9-18(19)14-23-22(25)21-13-7-11-17-8-5-6-12-20(17)21/h3-13,16,24H,14-15H2,1-2H3,(H,23,25). The highest BCUT2D eigenvalue weighted by Crippen LogP contribution is 2.19. The highest BCUT2D eigenvalue weighted by atomic mass is 32.2. The van der Waals surface area contributed by atoms with Crippen molar-refractivity contribution in [2.75, 3.05) is 0 Å². The van der Waals surface area contributed by atoms with Gasteiger partial charge in [-0.2, -0.15) is 0 Å². The number of hydrogen-bond acceptors (Lipinski definition) is 3. The minimum absolute atomic E-state index is 0.120. The second kappa shape index (κ2) is 8.54. The SMILES string of the molecule is CC(C)NS(=O)(=O)Cc1ccccc1CNC(=O)c1cccc2ccccc12. The lowest BCUT2D eigenvalue weighted by molar-refractivity contribution is 0.0952. The van der Waals surface area contributed by atoms with Crippen molar-refractivity contribution < 1.29 is 13.2 Å². The first-order valence-corrected chi connectivity index (χ1v) is 10.8. The van der Waals surface area contributed by atoms with Crippen molar-refractivity contribution in [1.82, 2.24) is 10.0 Å². The zero-order valence-electron chi connectivity index (χ0n) is 16.0. The molecule has 3 aromatic carbocycles. The van der Waals surface area contributed by atoms with Gasteiger partial charge in [0.15, 0.2) is 0 Å². The van der Waals surface area contributed by atoms with E-state index >= 15 is 0 Å². The minimum atomic E-state index is -3.44. The molecule has 3 rings (SSSR count). The van der Waals surface area contributed by atoms with Gasteiger partial charge >= 0.3 is 0 Å². The summed E-state index contributed by atoms with van der Waals surface area (Å²) in [6.07, 6.45) is 0. The van der Waals surface area contributed by atoms with Crippen LogP contribution in [0.2, 0.25) is 0 Å². The van der Waals surface area contributed by atoms with Gasteiger partial charge in [-0.05, 0) is 41.8 Å². The number of benzene rings is 3. The summed E-state index contributed by atoms with van der Waals surface area (Å²) in [5.74, 6) is -0.305. The molecule has 0 radical (unpaired) electrons. The maximum atomic E-state index is 12.7. The highest BCUT2D eigenvalue weighted by Gasteiger charge is 2.16. The average Bonchev–Trinajstić information content (AvgIpc) is 2.65. The molecule has 28 heavy (non-hydrogen) atoms. The molecular formula is C22H24N2O3S. The summed E-state index contributed by atoms with van der Waals surface area (Å²) in [6, 6.07) is 20.4. The lowest BCUT2D eigenvalue weighted by Crippen LogP contribution is -2.32. The smallest absolute Gasteiger partial charge is 0.252 e. The van der Waals surface area contributed by atoms with Gasteiger partial charge in [-0.25, -0.2) is 13.1 Å². The molecule has 0 heterocycles. The number of carbonyl (C=O) groups is 1. The molecule has 0 unspecified atom stereocenters. The largest absolute Gasteiger partial charge is 0.348 e. The van der Waals surface area contributed by atoms with E-state index in [1.165, 1.54) is 0 Å². The molecule has 6 heteroatoms. The van der Waals surface area contributed by atoms with Gasteiger partial charge in [0.25, 0.3) is 5.91 Å². The van der Waals surface area contributed by atoms with Crippen molar-refractivity contribution in [2.24, 2.45) is 0 Å². The van der Waals surface area contributed by atoms with E-state index < -0.39 is 10.0 Å².